The molecular formula is C13H20N2O3S. The van der Waals surface area contributed by atoms with E-state index in [0.29, 0.717) is 23.9 Å². The molecule has 0 spiro atoms. The molecule has 0 radical (unpaired) electrons. The third kappa shape index (κ3) is 2.55. The molecule has 2 N–H and O–H groups in total. The Bertz CT molecular complexity index is 571. The third-order valence-electron chi connectivity index (χ3n) is 3.50. The first-order valence-electron chi connectivity index (χ1n) is 6.31. The highest BCUT2D eigenvalue weighted by Crippen LogP contribution is 2.34. The Kier molecular flexibility index (Phi) is 3.73. The molecule has 0 bridgehead atoms. The topological polar surface area (TPSA) is 72.6 Å². The van der Waals surface area contributed by atoms with E-state index in [4.69, 9.17) is 10.5 Å². The van der Waals surface area contributed by atoms with Gasteiger partial charge in [-0.1, -0.05) is 6.92 Å². The predicted octanol–water partition coefficient (Wildman–Crippen LogP) is 1.70. The number of anilines is 1. The van der Waals surface area contributed by atoms with Crippen molar-refractivity contribution in [2.75, 3.05) is 19.4 Å². The van der Waals surface area contributed by atoms with Crippen molar-refractivity contribution < 1.29 is 13.2 Å². The van der Waals surface area contributed by atoms with E-state index < -0.39 is 10.0 Å². The fourth-order valence-corrected chi connectivity index (χ4v) is 4.52. The molecule has 0 saturated carbocycles. The van der Waals surface area contributed by atoms with Gasteiger partial charge in [0.1, 0.15) is 10.6 Å². The molecule has 106 valence electrons. The van der Waals surface area contributed by atoms with Gasteiger partial charge in [-0.05, 0) is 31.4 Å². The molecule has 1 heterocycles. The first kappa shape index (κ1) is 14.1. The Balaban J connectivity index is 2.45. The summed E-state index contributed by atoms with van der Waals surface area (Å²) >= 11 is 0. The fourth-order valence-electron chi connectivity index (χ4n) is 2.62. The number of benzene rings is 1. The van der Waals surface area contributed by atoms with Crippen molar-refractivity contribution in [3.05, 3.63) is 18.2 Å². The molecule has 5 nitrogen and oxygen atoms in total. The maximum atomic E-state index is 12.7. The van der Waals surface area contributed by atoms with Gasteiger partial charge in [0.25, 0.3) is 0 Å². The number of sulfonamides is 1. The molecule has 1 aliphatic rings. The molecule has 19 heavy (non-hydrogen) atoms. The van der Waals surface area contributed by atoms with E-state index in [1.165, 1.54) is 19.2 Å². The number of nitrogen functional groups attached to an aromatic ring is 1. The van der Waals surface area contributed by atoms with Gasteiger partial charge < -0.3 is 10.5 Å². The van der Waals surface area contributed by atoms with E-state index in [2.05, 4.69) is 6.92 Å². The highest BCUT2D eigenvalue weighted by molar-refractivity contribution is 7.89. The molecule has 1 saturated heterocycles. The molecule has 0 aliphatic carbocycles. The summed E-state index contributed by atoms with van der Waals surface area (Å²) in [6, 6.07) is 4.65. The van der Waals surface area contributed by atoms with Crippen LogP contribution in [0.25, 0.3) is 0 Å². The van der Waals surface area contributed by atoms with Crippen molar-refractivity contribution in [1.82, 2.24) is 4.31 Å². The number of hydrogen-bond acceptors (Lipinski definition) is 4. The van der Waals surface area contributed by atoms with Crippen molar-refractivity contribution in [3.63, 3.8) is 0 Å². The van der Waals surface area contributed by atoms with Gasteiger partial charge in [-0.15, -0.1) is 0 Å². The number of hydrogen-bond donors (Lipinski definition) is 1. The number of nitrogens with zero attached hydrogens (tertiary/aromatic N) is 1. The van der Waals surface area contributed by atoms with Gasteiger partial charge in [-0.3, -0.25) is 0 Å². The normalized spacial score (nSPS) is 24.6. The predicted molar refractivity (Wildman–Crippen MR) is 74.5 cm³/mol. The van der Waals surface area contributed by atoms with Gasteiger partial charge in [0.15, 0.2) is 0 Å². The average molecular weight is 284 g/mol. The van der Waals surface area contributed by atoms with Crippen LogP contribution in [0.2, 0.25) is 0 Å². The maximum absolute atomic E-state index is 12.7. The zero-order valence-electron chi connectivity index (χ0n) is 11.5. The molecule has 1 aliphatic heterocycles. The smallest absolute Gasteiger partial charge is 0.247 e. The van der Waals surface area contributed by atoms with Crippen LogP contribution in [0.15, 0.2) is 23.1 Å². The number of ether oxygens (including phenoxy) is 1. The quantitative estimate of drug-likeness (QED) is 0.857. The lowest BCUT2D eigenvalue weighted by Gasteiger charge is -2.22. The second-order valence-corrected chi connectivity index (χ2v) is 7.03. The zero-order valence-corrected chi connectivity index (χ0v) is 12.3. The molecule has 2 unspecified atom stereocenters. The zero-order chi connectivity index (χ0) is 14.2. The Labute approximate surface area is 114 Å². The Morgan fingerprint density at radius 2 is 2.05 bits per heavy atom. The van der Waals surface area contributed by atoms with E-state index in [9.17, 15) is 8.42 Å². The van der Waals surface area contributed by atoms with E-state index in [1.807, 2.05) is 6.92 Å². The van der Waals surface area contributed by atoms with Crippen molar-refractivity contribution in [1.29, 1.82) is 0 Å². The summed E-state index contributed by atoms with van der Waals surface area (Å²) in [5.74, 6) is 0.677. The Morgan fingerprint density at radius 1 is 1.37 bits per heavy atom. The molecule has 6 heteroatoms. The van der Waals surface area contributed by atoms with Gasteiger partial charge in [0.05, 0.1) is 7.11 Å². The van der Waals surface area contributed by atoms with Crippen LogP contribution in [0, 0.1) is 5.92 Å². The first-order chi connectivity index (χ1) is 8.86. The van der Waals surface area contributed by atoms with Gasteiger partial charge in [-0.2, -0.15) is 4.31 Å². The molecule has 0 amide bonds. The highest BCUT2D eigenvalue weighted by Gasteiger charge is 2.37. The monoisotopic (exact) mass is 284 g/mol. The highest BCUT2D eigenvalue weighted by atomic mass is 32.2. The molecular weight excluding hydrogens is 264 g/mol. The molecule has 1 aromatic carbocycles. The summed E-state index contributed by atoms with van der Waals surface area (Å²) in [5.41, 5.74) is 6.15. The number of nitrogens with two attached hydrogens (primary N) is 1. The van der Waals surface area contributed by atoms with Gasteiger partial charge in [0, 0.05) is 24.3 Å². The van der Waals surface area contributed by atoms with Gasteiger partial charge in [0.2, 0.25) is 10.0 Å². The first-order valence-corrected chi connectivity index (χ1v) is 7.75. The van der Waals surface area contributed by atoms with E-state index in [-0.39, 0.29) is 10.9 Å². The van der Waals surface area contributed by atoms with Crippen LogP contribution < -0.4 is 10.5 Å². The second-order valence-electron chi connectivity index (χ2n) is 5.17. The van der Waals surface area contributed by atoms with Crippen LogP contribution in [-0.2, 0) is 10.0 Å². The summed E-state index contributed by atoms with van der Waals surface area (Å²) in [7, 11) is -2.08. The van der Waals surface area contributed by atoms with Crippen LogP contribution >= 0.6 is 0 Å². The summed E-state index contributed by atoms with van der Waals surface area (Å²) < 4.78 is 32.1. The lowest BCUT2D eigenvalue weighted by atomic mass is 10.1. The van der Waals surface area contributed by atoms with Crippen LogP contribution in [0.4, 0.5) is 5.69 Å². The van der Waals surface area contributed by atoms with Crippen molar-refractivity contribution >= 4 is 15.7 Å². The third-order valence-corrected chi connectivity index (χ3v) is 5.52. The van der Waals surface area contributed by atoms with E-state index in [0.717, 1.165) is 6.42 Å². The van der Waals surface area contributed by atoms with Crippen molar-refractivity contribution in [2.45, 2.75) is 31.2 Å². The molecule has 1 fully saturated rings. The maximum Gasteiger partial charge on any atom is 0.247 e. The standard InChI is InChI=1S/C13H20N2O3S/c1-9-6-10(2)15(8-9)19(16,17)13-5-4-11(14)7-12(13)18-3/h4-5,7,9-10H,6,8,14H2,1-3H3. The SMILES string of the molecule is COc1cc(N)ccc1S(=O)(=O)N1CC(C)CC1C. The number of methoxy groups -OCH3 is 1. The minimum absolute atomic E-state index is 0.0160. The number of rotatable bonds is 3. The summed E-state index contributed by atoms with van der Waals surface area (Å²) in [4.78, 5) is 0.185. The van der Waals surface area contributed by atoms with Crippen LogP contribution in [0.5, 0.6) is 5.75 Å². The van der Waals surface area contributed by atoms with Crippen LogP contribution in [-0.4, -0.2) is 32.4 Å². The minimum atomic E-state index is -3.53. The lowest BCUT2D eigenvalue weighted by molar-refractivity contribution is 0.385. The largest absolute Gasteiger partial charge is 0.495 e. The van der Waals surface area contributed by atoms with Crippen LogP contribution in [0.3, 0.4) is 0 Å². The summed E-state index contributed by atoms with van der Waals surface area (Å²) in [6.45, 7) is 4.55. The molecule has 1 aromatic rings. The van der Waals surface area contributed by atoms with Gasteiger partial charge >= 0.3 is 0 Å². The second kappa shape index (κ2) is 5.02. The molecule has 0 aromatic heterocycles. The Hall–Kier alpha value is -1.27. The van der Waals surface area contributed by atoms with E-state index >= 15 is 0 Å². The molecule has 2 rings (SSSR count). The van der Waals surface area contributed by atoms with Crippen molar-refractivity contribution in [2.24, 2.45) is 5.92 Å². The van der Waals surface area contributed by atoms with Crippen LogP contribution in [0.1, 0.15) is 20.3 Å². The van der Waals surface area contributed by atoms with Crippen molar-refractivity contribution in [3.8, 4) is 5.75 Å². The van der Waals surface area contributed by atoms with E-state index in [1.54, 1.807) is 10.4 Å². The average Bonchev–Trinajstić information content (AvgIpc) is 2.68. The summed E-state index contributed by atoms with van der Waals surface area (Å²) in [5, 5.41) is 0. The summed E-state index contributed by atoms with van der Waals surface area (Å²) in [6.07, 6.45) is 0.885. The van der Waals surface area contributed by atoms with Gasteiger partial charge in [-0.25, -0.2) is 8.42 Å². The Morgan fingerprint density at radius 3 is 2.58 bits per heavy atom. The molecule has 2 atom stereocenters. The fraction of sp³-hybridized carbons (Fsp3) is 0.538. The lowest BCUT2D eigenvalue weighted by Crippen LogP contribution is -2.34. The minimum Gasteiger partial charge on any atom is -0.495 e.